The molecule has 0 aliphatic carbocycles. The van der Waals surface area contributed by atoms with E-state index in [1.165, 1.54) is 28.8 Å². The molecule has 1 fully saturated rings. The summed E-state index contributed by atoms with van der Waals surface area (Å²) in [6.45, 7) is 1.96. The first-order valence-corrected chi connectivity index (χ1v) is 14.6. The fourth-order valence-corrected chi connectivity index (χ4v) is 6.76. The number of aromatic nitrogens is 2. The summed E-state index contributed by atoms with van der Waals surface area (Å²) >= 11 is 2.55. The number of nitrogens with zero attached hydrogens (tertiary/aromatic N) is 3. The summed E-state index contributed by atoms with van der Waals surface area (Å²) in [4.78, 5) is 28.3. The van der Waals surface area contributed by atoms with Crippen molar-refractivity contribution in [3.63, 3.8) is 0 Å². The first kappa shape index (κ1) is 27.0. The Morgan fingerprint density at radius 3 is 2.61 bits per heavy atom. The second-order valence-electron chi connectivity index (χ2n) is 9.66. The summed E-state index contributed by atoms with van der Waals surface area (Å²) in [6.07, 6.45) is 0.690. The van der Waals surface area contributed by atoms with Crippen molar-refractivity contribution in [3.05, 3.63) is 100 Å². The van der Waals surface area contributed by atoms with Gasteiger partial charge in [-0.05, 0) is 66.1 Å². The van der Waals surface area contributed by atoms with Crippen LogP contribution in [-0.2, 0) is 21.8 Å². The number of anilines is 1. The van der Waals surface area contributed by atoms with Crippen molar-refractivity contribution in [2.45, 2.75) is 35.6 Å². The number of methoxy groups -OCH3 is 1. The average molecular weight is 590 g/mol. The van der Waals surface area contributed by atoms with E-state index < -0.39 is 17.7 Å². The maximum absolute atomic E-state index is 13.5. The predicted molar refractivity (Wildman–Crippen MR) is 154 cm³/mol. The third-order valence-corrected chi connectivity index (χ3v) is 9.05. The standard InChI is InChI=1S/C30H24FN3O5S2/c1-16-13-20-14-19(7-12-23(20)39-16)26(35)24-25(18-5-10-22(38-2)11-6-18)34(28(37)27(24)36)29-32-33-30(41-29)40-15-17-3-8-21(31)9-4-17/h3-12,14,16,25,35H,13,15H2,1-2H3/b26-24+/t16-,25+/m1/s1. The van der Waals surface area contributed by atoms with Crippen LogP contribution in [0.2, 0.25) is 0 Å². The highest BCUT2D eigenvalue weighted by Gasteiger charge is 2.48. The van der Waals surface area contributed by atoms with Crippen LogP contribution < -0.4 is 14.4 Å². The number of hydrogen-bond donors (Lipinski definition) is 1. The predicted octanol–water partition coefficient (Wildman–Crippen LogP) is 5.93. The lowest BCUT2D eigenvalue weighted by molar-refractivity contribution is -0.132. The molecule has 0 radical (unpaired) electrons. The number of aliphatic hydroxyl groups is 1. The number of carbonyl (C=O) groups excluding carboxylic acids is 2. The third-order valence-electron chi connectivity index (χ3n) is 6.92. The number of halogens is 1. The molecule has 2 aliphatic rings. The Kier molecular flexibility index (Phi) is 7.22. The highest BCUT2D eigenvalue weighted by Crippen LogP contribution is 2.45. The van der Waals surface area contributed by atoms with E-state index in [1.54, 1.807) is 61.7 Å². The van der Waals surface area contributed by atoms with Gasteiger partial charge in [-0.15, -0.1) is 10.2 Å². The number of thioether (sulfide) groups is 1. The van der Waals surface area contributed by atoms with E-state index >= 15 is 0 Å². The molecule has 0 spiro atoms. The molecule has 2 atom stereocenters. The number of aliphatic hydroxyl groups excluding tert-OH is 1. The fourth-order valence-electron chi connectivity index (χ4n) is 4.94. The molecule has 2 aliphatic heterocycles. The third kappa shape index (κ3) is 5.18. The zero-order valence-electron chi connectivity index (χ0n) is 22.0. The number of ketones is 1. The Labute approximate surface area is 243 Å². The van der Waals surface area contributed by atoms with Crippen LogP contribution >= 0.6 is 23.1 Å². The lowest BCUT2D eigenvalue weighted by Crippen LogP contribution is -2.29. The maximum Gasteiger partial charge on any atom is 0.301 e. The van der Waals surface area contributed by atoms with E-state index in [2.05, 4.69) is 10.2 Å². The zero-order chi connectivity index (χ0) is 28.7. The van der Waals surface area contributed by atoms with Gasteiger partial charge in [-0.25, -0.2) is 4.39 Å². The van der Waals surface area contributed by atoms with Crippen LogP contribution in [0.1, 0.15) is 35.2 Å². The number of rotatable bonds is 7. The lowest BCUT2D eigenvalue weighted by atomic mass is 9.94. The van der Waals surface area contributed by atoms with Crippen molar-refractivity contribution in [2.75, 3.05) is 12.0 Å². The molecule has 6 rings (SSSR count). The Balaban J connectivity index is 1.38. The monoisotopic (exact) mass is 589 g/mol. The summed E-state index contributed by atoms with van der Waals surface area (Å²) in [5, 5.41) is 20.2. The number of fused-ring (bicyclic) bond motifs is 1. The van der Waals surface area contributed by atoms with Crippen LogP contribution in [0.15, 0.2) is 76.6 Å². The molecule has 11 heteroatoms. The fraction of sp³-hybridized carbons (Fsp3) is 0.200. The Morgan fingerprint density at radius 2 is 1.88 bits per heavy atom. The van der Waals surface area contributed by atoms with Gasteiger partial charge in [0.1, 0.15) is 29.2 Å². The first-order valence-electron chi connectivity index (χ1n) is 12.8. The van der Waals surface area contributed by atoms with E-state index in [-0.39, 0.29) is 28.4 Å². The molecule has 208 valence electrons. The van der Waals surface area contributed by atoms with Crippen LogP contribution in [0.25, 0.3) is 5.76 Å². The van der Waals surface area contributed by atoms with Gasteiger partial charge < -0.3 is 14.6 Å². The highest BCUT2D eigenvalue weighted by atomic mass is 32.2. The largest absolute Gasteiger partial charge is 0.507 e. The normalized spacial score (nSPS) is 19.3. The Morgan fingerprint density at radius 1 is 1.12 bits per heavy atom. The van der Waals surface area contributed by atoms with Crippen LogP contribution in [0.4, 0.5) is 9.52 Å². The van der Waals surface area contributed by atoms with Gasteiger partial charge in [-0.1, -0.05) is 47.4 Å². The van der Waals surface area contributed by atoms with Gasteiger partial charge >= 0.3 is 5.91 Å². The number of Topliss-reactive ketones (excluding diaryl/α,β-unsaturated/α-hetero) is 1. The highest BCUT2D eigenvalue weighted by molar-refractivity contribution is 8.00. The van der Waals surface area contributed by atoms with Gasteiger partial charge in [-0.2, -0.15) is 0 Å². The van der Waals surface area contributed by atoms with Crippen LogP contribution in [0.3, 0.4) is 0 Å². The zero-order valence-corrected chi connectivity index (χ0v) is 23.7. The van der Waals surface area contributed by atoms with E-state index in [1.807, 2.05) is 6.92 Å². The molecule has 41 heavy (non-hydrogen) atoms. The van der Waals surface area contributed by atoms with E-state index in [0.717, 1.165) is 28.2 Å². The van der Waals surface area contributed by atoms with Gasteiger partial charge in [0, 0.05) is 17.7 Å². The second-order valence-corrected chi connectivity index (χ2v) is 11.8. The maximum atomic E-state index is 13.5. The minimum absolute atomic E-state index is 0.0137. The lowest BCUT2D eigenvalue weighted by Gasteiger charge is -2.22. The van der Waals surface area contributed by atoms with Crippen molar-refractivity contribution < 1.29 is 28.6 Å². The summed E-state index contributed by atoms with van der Waals surface area (Å²) in [5.41, 5.74) is 2.80. The molecule has 1 aromatic heterocycles. The molecule has 1 saturated heterocycles. The minimum atomic E-state index is -0.938. The second kappa shape index (κ2) is 11.0. The minimum Gasteiger partial charge on any atom is -0.507 e. The van der Waals surface area contributed by atoms with Crippen molar-refractivity contribution in [2.24, 2.45) is 0 Å². The average Bonchev–Trinajstić information content (AvgIpc) is 3.67. The number of benzene rings is 3. The quantitative estimate of drug-likeness (QED) is 0.0931. The number of ether oxygens (including phenoxy) is 2. The number of amides is 1. The molecular formula is C30H24FN3O5S2. The molecule has 8 nitrogen and oxygen atoms in total. The van der Waals surface area contributed by atoms with Crippen molar-refractivity contribution in [1.82, 2.24) is 10.2 Å². The van der Waals surface area contributed by atoms with Gasteiger partial charge in [0.25, 0.3) is 5.78 Å². The molecule has 1 N–H and O–H groups in total. The molecule has 1 amide bonds. The smallest absolute Gasteiger partial charge is 0.301 e. The van der Waals surface area contributed by atoms with Crippen LogP contribution in [0.5, 0.6) is 11.5 Å². The Hall–Kier alpha value is -4.22. The topological polar surface area (TPSA) is 102 Å². The van der Waals surface area contributed by atoms with Gasteiger partial charge in [-0.3, -0.25) is 14.5 Å². The van der Waals surface area contributed by atoms with Crippen LogP contribution in [-0.4, -0.2) is 40.2 Å². The SMILES string of the molecule is COc1ccc([C@H]2/C(=C(\O)c3ccc4c(c3)C[C@@H](C)O4)C(=O)C(=O)N2c2nnc(SCc3ccc(F)cc3)s2)cc1. The molecule has 0 unspecified atom stereocenters. The number of hydrogen-bond acceptors (Lipinski definition) is 9. The van der Waals surface area contributed by atoms with Crippen LogP contribution in [0, 0.1) is 5.82 Å². The van der Waals surface area contributed by atoms with Gasteiger partial charge in [0.15, 0.2) is 4.34 Å². The van der Waals surface area contributed by atoms with Gasteiger partial charge in [0.2, 0.25) is 5.13 Å². The summed E-state index contributed by atoms with van der Waals surface area (Å²) in [6, 6.07) is 17.4. The van der Waals surface area contributed by atoms with E-state index in [0.29, 0.717) is 33.4 Å². The summed E-state index contributed by atoms with van der Waals surface area (Å²) in [5.74, 6) is -0.343. The van der Waals surface area contributed by atoms with Crippen molar-refractivity contribution in [1.29, 1.82) is 0 Å². The number of carbonyl (C=O) groups is 2. The first-order chi connectivity index (χ1) is 19.8. The molecule has 3 heterocycles. The van der Waals surface area contributed by atoms with E-state index in [9.17, 15) is 19.1 Å². The molecule has 3 aromatic carbocycles. The summed E-state index contributed by atoms with van der Waals surface area (Å²) < 4.78 is 24.9. The summed E-state index contributed by atoms with van der Waals surface area (Å²) in [7, 11) is 1.55. The molecule has 0 bridgehead atoms. The van der Waals surface area contributed by atoms with Crippen molar-refractivity contribution >= 4 is 45.7 Å². The Bertz CT molecular complexity index is 1670. The van der Waals surface area contributed by atoms with Gasteiger partial charge in [0.05, 0.1) is 18.7 Å². The molecular weight excluding hydrogens is 565 g/mol. The van der Waals surface area contributed by atoms with E-state index in [4.69, 9.17) is 9.47 Å². The molecule has 4 aromatic rings. The van der Waals surface area contributed by atoms with Crippen molar-refractivity contribution in [3.8, 4) is 11.5 Å². The molecule has 0 saturated carbocycles.